The van der Waals surface area contributed by atoms with Crippen molar-refractivity contribution >= 4 is 29.1 Å². The topological polar surface area (TPSA) is 82.0 Å². The van der Waals surface area contributed by atoms with Gasteiger partial charge in [-0.05, 0) is 48.2 Å². The van der Waals surface area contributed by atoms with E-state index in [2.05, 4.69) is 25.3 Å². The number of hydrogen-bond donors (Lipinski definition) is 0. The zero-order valence-electron chi connectivity index (χ0n) is 15.8. The van der Waals surface area contributed by atoms with E-state index in [0.717, 1.165) is 23.9 Å². The fourth-order valence-corrected chi connectivity index (χ4v) is 3.90. The summed E-state index contributed by atoms with van der Waals surface area (Å²) in [5, 5.41) is 13.4. The number of rotatable bonds is 4. The minimum Gasteiger partial charge on any atom is -0.411 e. The van der Waals surface area contributed by atoms with Crippen molar-refractivity contribution in [3.63, 3.8) is 0 Å². The molecule has 12 heteroatoms. The van der Waals surface area contributed by atoms with E-state index in [0.29, 0.717) is 21.3 Å². The molecule has 0 radical (unpaired) electrons. The molecule has 3 heterocycles. The van der Waals surface area contributed by atoms with Crippen LogP contribution in [0.5, 0.6) is 0 Å². The molecule has 0 aliphatic carbocycles. The molecule has 3 aromatic heterocycles. The molecule has 0 fully saturated rings. The molecule has 0 amide bonds. The first-order valence-electron chi connectivity index (χ1n) is 9.02. The highest BCUT2D eigenvalue weighted by Gasteiger charge is 2.30. The van der Waals surface area contributed by atoms with Crippen LogP contribution >= 0.6 is 23.4 Å². The van der Waals surface area contributed by atoms with Crippen molar-refractivity contribution in [1.29, 1.82) is 0 Å². The van der Waals surface area contributed by atoms with Crippen LogP contribution in [-0.4, -0.2) is 29.8 Å². The van der Waals surface area contributed by atoms with Crippen LogP contribution in [0.3, 0.4) is 0 Å². The van der Waals surface area contributed by atoms with Gasteiger partial charge in [-0.25, -0.2) is 4.98 Å². The van der Waals surface area contributed by atoms with E-state index in [1.165, 1.54) is 16.9 Å². The number of halogens is 4. The Bertz CT molecular complexity index is 1430. The maximum absolute atomic E-state index is 13.1. The molecule has 0 saturated heterocycles. The summed E-state index contributed by atoms with van der Waals surface area (Å²) in [6, 6.07) is 13.5. The standard InChI is InChI=1S/C20H10ClF3N6OS/c21-14-6-2-4-12(8-14)17-28-29-19(31-17)32-16-9-15(27-18-25-10-26-30(16)18)11-3-1-5-13(7-11)20(22,23)24/h1-10H. The smallest absolute Gasteiger partial charge is 0.411 e. The molecule has 5 rings (SSSR count). The van der Waals surface area contributed by atoms with Gasteiger partial charge in [-0.2, -0.15) is 27.8 Å². The van der Waals surface area contributed by atoms with Crippen molar-refractivity contribution in [2.24, 2.45) is 0 Å². The van der Waals surface area contributed by atoms with E-state index >= 15 is 0 Å². The van der Waals surface area contributed by atoms with Crippen LogP contribution in [0.2, 0.25) is 5.02 Å². The normalized spacial score (nSPS) is 11.9. The first-order chi connectivity index (χ1) is 15.4. The Kier molecular flexibility index (Phi) is 5.06. The van der Waals surface area contributed by atoms with E-state index in [9.17, 15) is 13.2 Å². The molecule has 0 spiro atoms. The van der Waals surface area contributed by atoms with Gasteiger partial charge in [-0.15, -0.1) is 10.2 Å². The Morgan fingerprint density at radius 3 is 2.59 bits per heavy atom. The van der Waals surface area contributed by atoms with Gasteiger partial charge in [0.1, 0.15) is 11.4 Å². The molecule has 160 valence electrons. The fourth-order valence-electron chi connectivity index (χ4n) is 2.94. The number of benzene rings is 2. The third kappa shape index (κ3) is 4.04. The molecule has 0 aliphatic heterocycles. The number of alkyl halides is 3. The molecule has 2 aromatic carbocycles. The van der Waals surface area contributed by atoms with Gasteiger partial charge in [-0.3, -0.25) is 0 Å². The Morgan fingerprint density at radius 1 is 0.969 bits per heavy atom. The van der Waals surface area contributed by atoms with Crippen molar-refractivity contribution in [2.75, 3.05) is 0 Å². The molecular weight excluding hydrogens is 465 g/mol. The molecule has 5 aromatic rings. The number of aromatic nitrogens is 6. The van der Waals surface area contributed by atoms with Crippen LogP contribution in [0, 0.1) is 0 Å². The van der Waals surface area contributed by atoms with Gasteiger partial charge in [0.25, 0.3) is 11.0 Å². The largest absolute Gasteiger partial charge is 0.416 e. The average molecular weight is 475 g/mol. The summed E-state index contributed by atoms with van der Waals surface area (Å²) in [5.74, 6) is 0.494. The van der Waals surface area contributed by atoms with Crippen LogP contribution in [-0.2, 0) is 6.18 Å². The summed E-state index contributed by atoms with van der Waals surface area (Å²) in [7, 11) is 0. The minimum atomic E-state index is -4.47. The molecule has 0 atom stereocenters. The van der Waals surface area contributed by atoms with Gasteiger partial charge in [0.05, 0.1) is 11.3 Å². The van der Waals surface area contributed by atoms with Crippen molar-refractivity contribution in [3.05, 3.63) is 71.5 Å². The predicted octanol–water partition coefficient (Wildman–Crippen LogP) is 5.66. The molecule has 7 nitrogen and oxygen atoms in total. The Hall–Kier alpha value is -3.44. The summed E-state index contributed by atoms with van der Waals surface area (Å²) >= 11 is 7.09. The molecular formula is C20H10ClF3N6OS. The van der Waals surface area contributed by atoms with Crippen LogP contribution in [0.15, 0.2) is 75.6 Å². The number of hydrogen-bond acceptors (Lipinski definition) is 7. The third-order valence-corrected chi connectivity index (χ3v) is 5.45. The van der Waals surface area contributed by atoms with Crippen molar-refractivity contribution < 1.29 is 17.6 Å². The second-order valence-electron chi connectivity index (χ2n) is 6.52. The highest BCUT2D eigenvalue weighted by molar-refractivity contribution is 7.99. The van der Waals surface area contributed by atoms with Crippen molar-refractivity contribution in [3.8, 4) is 22.7 Å². The van der Waals surface area contributed by atoms with Gasteiger partial charge in [0.15, 0.2) is 0 Å². The van der Waals surface area contributed by atoms with Crippen molar-refractivity contribution in [2.45, 2.75) is 16.4 Å². The second kappa shape index (κ2) is 7.92. The third-order valence-electron chi connectivity index (χ3n) is 4.37. The molecule has 0 aliphatic rings. The summed E-state index contributed by atoms with van der Waals surface area (Å²) in [5.41, 5.74) is 0.476. The Balaban J connectivity index is 1.52. The average Bonchev–Trinajstić information content (AvgIpc) is 3.43. The van der Waals surface area contributed by atoms with E-state index in [1.807, 2.05) is 0 Å². The molecule has 0 N–H and O–H groups in total. The lowest BCUT2D eigenvalue weighted by Crippen LogP contribution is -2.05. The first-order valence-corrected chi connectivity index (χ1v) is 10.2. The monoisotopic (exact) mass is 474 g/mol. The van der Waals surface area contributed by atoms with E-state index in [4.69, 9.17) is 16.0 Å². The minimum absolute atomic E-state index is 0.206. The summed E-state index contributed by atoms with van der Waals surface area (Å²) in [4.78, 5) is 8.39. The fraction of sp³-hybridized carbons (Fsp3) is 0.0500. The molecule has 0 unspecified atom stereocenters. The maximum atomic E-state index is 13.1. The van der Waals surface area contributed by atoms with Crippen LogP contribution in [0.25, 0.3) is 28.5 Å². The molecule has 0 bridgehead atoms. The van der Waals surface area contributed by atoms with Gasteiger partial charge >= 0.3 is 6.18 Å². The van der Waals surface area contributed by atoms with Gasteiger partial charge in [0, 0.05) is 16.1 Å². The summed E-state index contributed by atoms with van der Waals surface area (Å²) < 4.78 is 46.6. The molecule has 0 saturated carbocycles. The zero-order chi connectivity index (χ0) is 22.3. The lowest BCUT2D eigenvalue weighted by molar-refractivity contribution is -0.137. The number of fused-ring (bicyclic) bond motifs is 1. The lowest BCUT2D eigenvalue weighted by Gasteiger charge is -2.09. The van der Waals surface area contributed by atoms with Gasteiger partial charge in [-0.1, -0.05) is 29.8 Å². The molecule has 32 heavy (non-hydrogen) atoms. The lowest BCUT2D eigenvalue weighted by atomic mass is 10.1. The van der Waals surface area contributed by atoms with E-state index in [1.54, 1.807) is 36.4 Å². The SMILES string of the molecule is FC(F)(F)c1cccc(-c2cc(Sc3nnc(-c4cccc(Cl)c4)o3)n3ncnc3n2)c1. The summed E-state index contributed by atoms with van der Waals surface area (Å²) in [6.07, 6.45) is -3.17. The van der Waals surface area contributed by atoms with Crippen LogP contribution in [0.4, 0.5) is 13.2 Å². The summed E-state index contributed by atoms with van der Waals surface area (Å²) in [6.45, 7) is 0. The highest BCUT2D eigenvalue weighted by Crippen LogP contribution is 2.34. The predicted molar refractivity (Wildman–Crippen MR) is 110 cm³/mol. The quantitative estimate of drug-likeness (QED) is 0.310. The maximum Gasteiger partial charge on any atom is 0.416 e. The van der Waals surface area contributed by atoms with Crippen LogP contribution < -0.4 is 0 Å². The second-order valence-corrected chi connectivity index (χ2v) is 7.92. The zero-order valence-corrected chi connectivity index (χ0v) is 17.4. The van der Waals surface area contributed by atoms with Crippen molar-refractivity contribution in [1.82, 2.24) is 29.8 Å². The van der Waals surface area contributed by atoms with E-state index in [-0.39, 0.29) is 22.5 Å². The van der Waals surface area contributed by atoms with E-state index < -0.39 is 11.7 Å². The van der Waals surface area contributed by atoms with Crippen LogP contribution in [0.1, 0.15) is 5.56 Å². The number of nitrogens with zero attached hydrogens (tertiary/aromatic N) is 6. The Labute approximate surface area is 187 Å². The van der Waals surface area contributed by atoms with Gasteiger partial charge < -0.3 is 4.42 Å². The van der Waals surface area contributed by atoms with Gasteiger partial charge in [0.2, 0.25) is 5.89 Å². The first kappa shape index (κ1) is 20.5. The highest BCUT2D eigenvalue weighted by atomic mass is 35.5. The Morgan fingerprint density at radius 2 is 1.78 bits per heavy atom.